The number of carbonyl (C=O) groups is 1. The Labute approximate surface area is 176 Å². The Morgan fingerprint density at radius 3 is 2.57 bits per heavy atom. The van der Waals surface area contributed by atoms with Gasteiger partial charge in [-0.2, -0.15) is 0 Å². The third-order valence-electron chi connectivity index (χ3n) is 5.46. The Kier molecular flexibility index (Phi) is 7.08. The van der Waals surface area contributed by atoms with Crippen molar-refractivity contribution in [2.45, 2.75) is 77.3 Å². The lowest BCUT2D eigenvalue weighted by molar-refractivity contribution is -0.224. The molecule has 170 valence electrons. The smallest absolute Gasteiger partial charge is 0.347 e. The van der Waals surface area contributed by atoms with Crippen LogP contribution in [-0.4, -0.2) is 59.2 Å². The highest BCUT2D eigenvalue weighted by Crippen LogP contribution is 2.47. The molecule has 2 fully saturated rings. The molecule has 2 N–H and O–H groups in total. The molecule has 30 heavy (non-hydrogen) atoms. The number of phosphoric acid groups is 1. The van der Waals surface area contributed by atoms with Crippen LogP contribution in [0.4, 0.5) is 0 Å². The molecule has 3 aliphatic heterocycles. The molecule has 10 nitrogen and oxygen atoms in total. The summed E-state index contributed by atoms with van der Waals surface area (Å²) in [7, 11) is -4.20. The Bertz CT molecular complexity index is 753. The van der Waals surface area contributed by atoms with Crippen LogP contribution >= 0.6 is 7.82 Å². The standard InChI is InChI=1S/C19H31N2O8P/c1-6-9-25-30(23,24)26-11-14-15-16(29-19(7-2,8-3)28-15)18(27-14)21-10-12(4)17(22)20-13(21)5/h10,14-16,18H,5-9,11H2,1-4H3,(H,20,22)(H,23,24)/t14-,15?,16+,18-/m1/s1. The van der Waals surface area contributed by atoms with E-state index in [1.54, 1.807) is 18.0 Å². The van der Waals surface area contributed by atoms with E-state index in [1.165, 1.54) is 0 Å². The molecule has 0 radical (unpaired) electrons. The number of hydrogen-bond donors (Lipinski definition) is 2. The second kappa shape index (κ2) is 9.08. The molecule has 2 unspecified atom stereocenters. The molecule has 0 aliphatic carbocycles. The summed E-state index contributed by atoms with van der Waals surface area (Å²) in [5.41, 5.74) is 0.492. The van der Waals surface area contributed by atoms with Crippen LogP contribution in [0.5, 0.6) is 0 Å². The molecule has 0 aromatic carbocycles. The first-order valence-electron chi connectivity index (χ1n) is 10.2. The van der Waals surface area contributed by atoms with Gasteiger partial charge in [-0.3, -0.25) is 13.8 Å². The fourth-order valence-corrected chi connectivity index (χ4v) is 4.54. The summed E-state index contributed by atoms with van der Waals surface area (Å²) in [6.07, 6.45) is 1.12. The third kappa shape index (κ3) is 4.65. The summed E-state index contributed by atoms with van der Waals surface area (Å²) in [5.74, 6) is -0.666. The maximum Gasteiger partial charge on any atom is 0.472 e. The van der Waals surface area contributed by atoms with Gasteiger partial charge >= 0.3 is 7.82 Å². The molecule has 11 heteroatoms. The van der Waals surface area contributed by atoms with Gasteiger partial charge < -0.3 is 29.3 Å². The van der Waals surface area contributed by atoms with E-state index in [-0.39, 0.29) is 19.1 Å². The molecule has 3 rings (SSSR count). The van der Waals surface area contributed by atoms with E-state index >= 15 is 0 Å². The lowest BCUT2D eigenvalue weighted by Crippen LogP contribution is -2.47. The van der Waals surface area contributed by atoms with E-state index in [0.29, 0.717) is 30.7 Å². The van der Waals surface area contributed by atoms with Crippen molar-refractivity contribution < 1.29 is 37.5 Å². The fourth-order valence-electron chi connectivity index (χ4n) is 3.72. The minimum absolute atomic E-state index is 0.111. The summed E-state index contributed by atoms with van der Waals surface area (Å²) >= 11 is 0. The SMILES string of the molecule is C=C1NC(=O)C(C)=CN1[C@@H]1O[C@H](COP(=O)(O)OCCC)C2OC(CC)(CC)O[C@@H]21. The van der Waals surface area contributed by atoms with Gasteiger partial charge in [0, 0.05) is 11.8 Å². The molecule has 0 aromatic heterocycles. The predicted molar refractivity (Wildman–Crippen MR) is 107 cm³/mol. The molecular weight excluding hydrogens is 415 g/mol. The number of amides is 1. The van der Waals surface area contributed by atoms with Gasteiger partial charge in [-0.15, -0.1) is 0 Å². The van der Waals surface area contributed by atoms with Gasteiger partial charge in [0.25, 0.3) is 5.91 Å². The summed E-state index contributed by atoms with van der Waals surface area (Å²) in [5, 5.41) is 2.69. The van der Waals surface area contributed by atoms with E-state index in [9.17, 15) is 14.3 Å². The van der Waals surface area contributed by atoms with Crippen LogP contribution in [-0.2, 0) is 32.6 Å². The topological polar surface area (TPSA) is 116 Å². The first-order chi connectivity index (χ1) is 14.1. The quantitative estimate of drug-likeness (QED) is 0.515. The summed E-state index contributed by atoms with van der Waals surface area (Å²) < 4.78 is 40.8. The molecular formula is C19H31N2O8P. The number of hydrogen-bond acceptors (Lipinski definition) is 8. The van der Waals surface area contributed by atoms with Crippen molar-refractivity contribution in [3.05, 3.63) is 24.2 Å². The van der Waals surface area contributed by atoms with Gasteiger partial charge in [0.1, 0.15) is 24.1 Å². The number of rotatable bonds is 9. The number of nitrogens with one attached hydrogen (secondary N) is 1. The zero-order chi connectivity index (χ0) is 22.1. The van der Waals surface area contributed by atoms with E-state index in [2.05, 4.69) is 11.9 Å². The van der Waals surface area contributed by atoms with Crippen molar-refractivity contribution in [2.24, 2.45) is 0 Å². The van der Waals surface area contributed by atoms with Crippen LogP contribution in [0.25, 0.3) is 0 Å². The lowest BCUT2D eigenvalue weighted by atomic mass is 10.1. The van der Waals surface area contributed by atoms with Crippen molar-refractivity contribution >= 4 is 13.7 Å². The van der Waals surface area contributed by atoms with Crippen LogP contribution in [0.15, 0.2) is 24.2 Å². The van der Waals surface area contributed by atoms with Crippen molar-refractivity contribution in [1.82, 2.24) is 10.2 Å². The van der Waals surface area contributed by atoms with Crippen LogP contribution in [0.1, 0.15) is 47.0 Å². The first kappa shape index (κ1) is 23.4. The molecule has 5 atom stereocenters. The average Bonchev–Trinajstić information content (AvgIpc) is 3.24. The van der Waals surface area contributed by atoms with E-state index in [0.717, 1.165) is 0 Å². The van der Waals surface area contributed by atoms with Crippen LogP contribution < -0.4 is 5.32 Å². The summed E-state index contributed by atoms with van der Waals surface area (Å²) in [6.45, 7) is 11.2. The van der Waals surface area contributed by atoms with E-state index in [1.807, 2.05) is 20.8 Å². The second-order valence-corrected chi connectivity index (χ2v) is 9.02. The average molecular weight is 446 g/mol. The van der Waals surface area contributed by atoms with Crippen LogP contribution in [0, 0.1) is 0 Å². The van der Waals surface area contributed by atoms with Crippen molar-refractivity contribution in [3.63, 3.8) is 0 Å². The first-order valence-corrected chi connectivity index (χ1v) is 11.7. The zero-order valence-corrected chi connectivity index (χ0v) is 18.7. The number of fused-ring (bicyclic) bond motifs is 1. The maximum absolute atomic E-state index is 12.1. The summed E-state index contributed by atoms with van der Waals surface area (Å²) in [6, 6.07) is 0. The fraction of sp³-hybridized carbons (Fsp3) is 0.737. The van der Waals surface area contributed by atoms with Crippen LogP contribution in [0.2, 0.25) is 0 Å². The Morgan fingerprint density at radius 1 is 1.27 bits per heavy atom. The van der Waals surface area contributed by atoms with Gasteiger partial charge in [-0.25, -0.2) is 4.57 Å². The van der Waals surface area contributed by atoms with Gasteiger partial charge in [0.2, 0.25) is 0 Å². The molecule has 3 aliphatic rings. The number of ether oxygens (including phenoxy) is 3. The Hall–Kier alpha value is -1.26. The monoisotopic (exact) mass is 446 g/mol. The number of carbonyl (C=O) groups excluding carboxylic acids is 1. The van der Waals surface area contributed by atoms with Gasteiger partial charge in [-0.05, 0) is 26.2 Å². The van der Waals surface area contributed by atoms with Crippen molar-refractivity contribution in [1.29, 1.82) is 0 Å². The van der Waals surface area contributed by atoms with Gasteiger partial charge in [0.05, 0.1) is 13.2 Å². The molecule has 0 spiro atoms. The normalized spacial score (nSPS) is 32.6. The Balaban J connectivity index is 1.81. The van der Waals surface area contributed by atoms with E-state index < -0.39 is 38.1 Å². The molecule has 1 amide bonds. The number of phosphoric ester groups is 1. The minimum Gasteiger partial charge on any atom is -0.347 e. The predicted octanol–water partition coefficient (Wildman–Crippen LogP) is 2.36. The molecule has 2 saturated heterocycles. The minimum atomic E-state index is -4.20. The largest absolute Gasteiger partial charge is 0.472 e. The van der Waals surface area contributed by atoms with Gasteiger partial charge in [0.15, 0.2) is 12.0 Å². The molecule has 3 heterocycles. The number of nitrogens with zero attached hydrogens (tertiary/aromatic N) is 1. The maximum atomic E-state index is 12.1. The second-order valence-electron chi connectivity index (χ2n) is 7.57. The zero-order valence-electron chi connectivity index (χ0n) is 17.8. The highest BCUT2D eigenvalue weighted by atomic mass is 31.2. The molecule has 0 bridgehead atoms. The third-order valence-corrected chi connectivity index (χ3v) is 6.44. The van der Waals surface area contributed by atoms with E-state index in [4.69, 9.17) is 23.3 Å². The van der Waals surface area contributed by atoms with Crippen LogP contribution in [0.3, 0.4) is 0 Å². The Morgan fingerprint density at radius 2 is 1.93 bits per heavy atom. The van der Waals surface area contributed by atoms with Crippen molar-refractivity contribution in [2.75, 3.05) is 13.2 Å². The van der Waals surface area contributed by atoms with Crippen molar-refractivity contribution in [3.8, 4) is 0 Å². The highest BCUT2D eigenvalue weighted by Gasteiger charge is 2.59. The summed E-state index contributed by atoms with van der Waals surface area (Å²) in [4.78, 5) is 23.4. The molecule has 0 saturated carbocycles. The lowest BCUT2D eigenvalue weighted by Gasteiger charge is -2.36. The highest BCUT2D eigenvalue weighted by molar-refractivity contribution is 7.47. The van der Waals surface area contributed by atoms with Gasteiger partial charge in [-0.1, -0.05) is 27.4 Å². The molecule has 0 aromatic rings.